The van der Waals surface area contributed by atoms with Crippen LogP contribution in [-0.2, 0) is 10.1 Å². The van der Waals surface area contributed by atoms with Crippen molar-refractivity contribution in [3.63, 3.8) is 0 Å². The summed E-state index contributed by atoms with van der Waals surface area (Å²) >= 11 is 2.97. The van der Waals surface area contributed by atoms with E-state index in [1.165, 1.54) is 23.9 Å². The SMILES string of the molecule is Cc1cccnc1.O=S(=O)(O)c1ccnc(Br)c1. The van der Waals surface area contributed by atoms with Crippen LogP contribution in [-0.4, -0.2) is 22.9 Å². The second-order valence-electron chi connectivity index (χ2n) is 3.32. The van der Waals surface area contributed by atoms with Crippen LogP contribution in [0, 0.1) is 6.92 Å². The Morgan fingerprint density at radius 1 is 1.28 bits per heavy atom. The highest BCUT2D eigenvalue weighted by atomic mass is 79.9. The van der Waals surface area contributed by atoms with Crippen molar-refractivity contribution in [2.45, 2.75) is 11.8 Å². The Hall–Kier alpha value is -1.31. The molecule has 1 N–H and O–H groups in total. The Morgan fingerprint density at radius 3 is 2.33 bits per heavy atom. The molecule has 0 amide bonds. The van der Waals surface area contributed by atoms with Crippen molar-refractivity contribution in [1.82, 2.24) is 9.97 Å². The first-order chi connectivity index (χ1) is 8.39. The lowest BCUT2D eigenvalue weighted by atomic mass is 10.3. The van der Waals surface area contributed by atoms with Gasteiger partial charge in [0.05, 0.1) is 4.90 Å². The van der Waals surface area contributed by atoms with Crippen LogP contribution in [0.3, 0.4) is 0 Å². The molecule has 2 aromatic heterocycles. The highest BCUT2D eigenvalue weighted by Gasteiger charge is 2.08. The maximum absolute atomic E-state index is 10.5. The topological polar surface area (TPSA) is 80.2 Å². The Balaban J connectivity index is 0.000000199. The molecule has 2 rings (SSSR count). The molecule has 0 fully saturated rings. The number of pyridine rings is 2. The standard InChI is InChI=1S/C6H7N.C5H4BrNO3S/c1-6-3-2-4-7-5-6;6-5-3-4(1-2-7-5)11(8,9)10/h2-5H,1H3;1-3H,(H,8,9,10). The van der Waals surface area contributed by atoms with Crippen LogP contribution in [0.25, 0.3) is 0 Å². The maximum atomic E-state index is 10.5. The quantitative estimate of drug-likeness (QED) is 0.641. The van der Waals surface area contributed by atoms with E-state index >= 15 is 0 Å². The van der Waals surface area contributed by atoms with Gasteiger partial charge in [0.1, 0.15) is 4.60 Å². The molecule has 0 saturated heterocycles. The molecule has 5 nitrogen and oxygen atoms in total. The van der Waals surface area contributed by atoms with Gasteiger partial charge in [0.15, 0.2) is 0 Å². The van der Waals surface area contributed by atoms with Gasteiger partial charge in [-0.2, -0.15) is 8.42 Å². The second kappa shape index (κ2) is 6.58. The Labute approximate surface area is 114 Å². The summed E-state index contributed by atoms with van der Waals surface area (Å²) in [5, 5.41) is 0. The zero-order valence-corrected chi connectivity index (χ0v) is 11.9. The molecule has 7 heteroatoms. The summed E-state index contributed by atoms with van der Waals surface area (Å²) in [6.45, 7) is 2.02. The van der Waals surface area contributed by atoms with E-state index in [-0.39, 0.29) is 4.90 Å². The zero-order chi connectivity index (χ0) is 13.6. The molecule has 0 aliphatic rings. The van der Waals surface area contributed by atoms with Crippen molar-refractivity contribution in [2.24, 2.45) is 0 Å². The van der Waals surface area contributed by atoms with Crippen molar-refractivity contribution in [3.8, 4) is 0 Å². The molecule has 0 aliphatic heterocycles. The Kier molecular flexibility index (Phi) is 5.39. The summed E-state index contributed by atoms with van der Waals surface area (Å²) in [5.74, 6) is 0. The molecule has 0 aromatic carbocycles. The average Bonchev–Trinajstić information content (AvgIpc) is 2.30. The molecule has 2 aromatic rings. The number of nitrogens with zero attached hydrogens (tertiary/aromatic N) is 2. The first kappa shape index (κ1) is 14.7. The van der Waals surface area contributed by atoms with Crippen molar-refractivity contribution < 1.29 is 13.0 Å². The van der Waals surface area contributed by atoms with Crippen LogP contribution in [0.15, 0.2) is 52.4 Å². The van der Waals surface area contributed by atoms with Crippen molar-refractivity contribution in [2.75, 3.05) is 0 Å². The Bertz CT molecular complexity index is 603. The fraction of sp³-hybridized carbons (Fsp3) is 0.0909. The number of aromatic nitrogens is 2. The molecular formula is C11H11BrN2O3S. The van der Waals surface area contributed by atoms with Crippen LogP contribution in [0.5, 0.6) is 0 Å². The molecule has 0 aliphatic carbocycles. The van der Waals surface area contributed by atoms with Gasteiger partial charge in [-0.25, -0.2) is 4.98 Å². The highest BCUT2D eigenvalue weighted by molar-refractivity contribution is 9.10. The van der Waals surface area contributed by atoms with Gasteiger partial charge in [0.25, 0.3) is 10.1 Å². The Morgan fingerprint density at radius 2 is 2.00 bits per heavy atom. The van der Waals surface area contributed by atoms with E-state index in [4.69, 9.17) is 4.55 Å². The van der Waals surface area contributed by atoms with Gasteiger partial charge >= 0.3 is 0 Å². The molecular weight excluding hydrogens is 320 g/mol. The highest BCUT2D eigenvalue weighted by Crippen LogP contribution is 2.12. The third-order valence-corrected chi connectivity index (χ3v) is 3.09. The molecule has 0 spiro atoms. The summed E-state index contributed by atoms with van der Waals surface area (Å²) in [6.07, 6.45) is 4.89. The van der Waals surface area contributed by atoms with E-state index in [1.54, 1.807) is 6.20 Å². The van der Waals surface area contributed by atoms with E-state index in [9.17, 15) is 8.42 Å². The normalized spacial score (nSPS) is 10.4. The number of aryl methyl sites for hydroxylation is 1. The van der Waals surface area contributed by atoms with Crippen LogP contribution in [0.1, 0.15) is 5.56 Å². The molecule has 18 heavy (non-hydrogen) atoms. The lowest BCUT2D eigenvalue weighted by Crippen LogP contribution is -1.97. The van der Waals surface area contributed by atoms with E-state index in [0.29, 0.717) is 4.60 Å². The van der Waals surface area contributed by atoms with Crippen LogP contribution in [0.4, 0.5) is 0 Å². The van der Waals surface area contributed by atoms with Gasteiger partial charge in [-0.05, 0) is 46.6 Å². The number of hydrogen-bond donors (Lipinski definition) is 1. The first-order valence-corrected chi connectivity index (χ1v) is 7.08. The molecule has 0 radical (unpaired) electrons. The van der Waals surface area contributed by atoms with Crippen molar-refractivity contribution >= 4 is 26.0 Å². The molecule has 0 atom stereocenters. The van der Waals surface area contributed by atoms with Gasteiger partial charge < -0.3 is 0 Å². The lowest BCUT2D eigenvalue weighted by Gasteiger charge is -1.94. The average molecular weight is 331 g/mol. The van der Waals surface area contributed by atoms with Crippen LogP contribution < -0.4 is 0 Å². The summed E-state index contributed by atoms with van der Waals surface area (Å²) in [7, 11) is -4.10. The molecule has 0 saturated carbocycles. The predicted octanol–water partition coefficient (Wildman–Crippen LogP) is 2.48. The van der Waals surface area contributed by atoms with Gasteiger partial charge in [-0.15, -0.1) is 0 Å². The summed E-state index contributed by atoms with van der Waals surface area (Å²) in [6, 6.07) is 6.37. The second-order valence-corrected chi connectivity index (χ2v) is 5.55. The van der Waals surface area contributed by atoms with E-state index < -0.39 is 10.1 Å². The van der Waals surface area contributed by atoms with Crippen molar-refractivity contribution in [1.29, 1.82) is 0 Å². The predicted molar refractivity (Wildman–Crippen MR) is 70.7 cm³/mol. The summed E-state index contributed by atoms with van der Waals surface area (Å²) in [4.78, 5) is 7.41. The van der Waals surface area contributed by atoms with Gasteiger partial charge in [0.2, 0.25) is 0 Å². The van der Waals surface area contributed by atoms with Gasteiger partial charge in [0, 0.05) is 18.6 Å². The smallest absolute Gasteiger partial charge is 0.282 e. The van der Waals surface area contributed by atoms with Crippen LogP contribution in [0.2, 0.25) is 0 Å². The van der Waals surface area contributed by atoms with Gasteiger partial charge in [-0.3, -0.25) is 9.54 Å². The van der Waals surface area contributed by atoms with Gasteiger partial charge in [-0.1, -0.05) is 6.07 Å². The van der Waals surface area contributed by atoms with Crippen molar-refractivity contribution in [3.05, 3.63) is 53.0 Å². The number of halogens is 1. The fourth-order valence-corrected chi connectivity index (χ4v) is 2.00. The largest absolute Gasteiger partial charge is 0.294 e. The number of hydrogen-bond acceptors (Lipinski definition) is 4. The van der Waals surface area contributed by atoms with E-state index in [2.05, 4.69) is 25.9 Å². The lowest BCUT2D eigenvalue weighted by molar-refractivity contribution is 0.483. The third kappa shape index (κ3) is 5.35. The third-order valence-electron chi connectivity index (χ3n) is 1.81. The van der Waals surface area contributed by atoms with E-state index in [0.717, 1.165) is 0 Å². The monoisotopic (exact) mass is 330 g/mol. The maximum Gasteiger partial charge on any atom is 0.294 e. The summed E-state index contributed by atoms with van der Waals surface area (Å²) in [5.41, 5.74) is 1.21. The summed E-state index contributed by atoms with van der Waals surface area (Å²) < 4.78 is 29.9. The minimum atomic E-state index is -4.10. The zero-order valence-electron chi connectivity index (χ0n) is 9.49. The van der Waals surface area contributed by atoms with Crippen LogP contribution >= 0.6 is 15.9 Å². The number of rotatable bonds is 1. The molecule has 96 valence electrons. The first-order valence-electron chi connectivity index (χ1n) is 4.85. The minimum Gasteiger partial charge on any atom is -0.282 e. The van der Waals surface area contributed by atoms with E-state index in [1.807, 2.05) is 25.3 Å². The molecule has 0 unspecified atom stereocenters. The fourth-order valence-electron chi connectivity index (χ4n) is 0.993. The molecule has 0 bridgehead atoms. The molecule has 2 heterocycles. The minimum absolute atomic E-state index is 0.167.